The zero-order valence-electron chi connectivity index (χ0n) is 11.8. The van der Waals surface area contributed by atoms with Crippen molar-refractivity contribution < 1.29 is 0 Å². The van der Waals surface area contributed by atoms with Gasteiger partial charge in [0.1, 0.15) is 0 Å². The third kappa shape index (κ3) is 2.18. The van der Waals surface area contributed by atoms with Crippen LogP contribution in [0.3, 0.4) is 0 Å². The van der Waals surface area contributed by atoms with Crippen molar-refractivity contribution in [3.8, 4) is 5.69 Å². The van der Waals surface area contributed by atoms with E-state index in [1.165, 1.54) is 4.57 Å². The first-order chi connectivity index (χ1) is 10.2. The summed E-state index contributed by atoms with van der Waals surface area (Å²) in [5.41, 5.74) is 0.908. The molecule has 0 aliphatic rings. The Morgan fingerprint density at radius 1 is 0.905 bits per heavy atom. The Bertz CT molecular complexity index is 892. The van der Waals surface area contributed by atoms with Crippen molar-refractivity contribution in [1.29, 1.82) is 0 Å². The molecule has 0 aliphatic carbocycles. The summed E-state index contributed by atoms with van der Waals surface area (Å²) in [5.74, 6) is 0. The van der Waals surface area contributed by atoms with E-state index in [0.717, 1.165) is 12.1 Å². The van der Waals surface area contributed by atoms with Crippen LogP contribution in [0.1, 0.15) is 13.3 Å². The number of aromatic nitrogens is 2. The molecule has 0 saturated carbocycles. The maximum atomic E-state index is 12.7. The molecule has 3 aromatic rings. The SMILES string of the molecule is CCCn1c(=O)c2ccccc2n(-c2ccccc2)c1=O. The minimum absolute atomic E-state index is 0.218. The van der Waals surface area contributed by atoms with Gasteiger partial charge in [-0.3, -0.25) is 13.9 Å². The third-order valence-electron chi connectivity index (χ3n) is 3.50. The van der Waals surface area contributed by atoms with Crippen LogP contribution in [0.4, 0.5) is 0 Å². The zero-order chi connectivity index (χ0) is 14.8. The molecule has 3 rings (SSSR count). The average Bonchev–Trinajstić information content (AvgIpc) is 2.53. The second kappa shape index (κ2) is 5.40. The van der Waals surface area contributed by atoms with Crippen molar-refractivity contribution in [2.45, 2.75) is 19.9 Å². The van der Waals surface area contributed by atoms with Gasteiger partial charge in [-0.2, -0.15) is 0 Å². The minimum Gasteiger partial charge on any atom is -0.268 e. The van der Waals surface area contributed by atoms with Gasteiger partial charge in [-0.15, -0.1) is 0 Å². The summed E-state index contributed by atoms with van der Waals surface area (Å²) in [6.45, 7) is 2.38. The highest BCUT2D eigenvalue weighted by molar-refractivity contribution is 5.79. The Labute approximate surface area is 121 Å². The molecule has 0 atom stereocenters. The fourth-order valence-electron chi connectivity index (χ4n) is 2.55. The number of fused-ring (bicyclic) bond motifs is 1. The van der Waals surface area contributed by atoms with Gasteiger partial charge < -0.3 is 0 Å². The van der Waals surface area contributed by atoms with Crippen molar-refractivity contribution >= 4 is 10.9 Å². The Morgan fingerprint density at radius 2 is 1.57 bits per heavy atom. The highest BCUT2D eigenvalue weighted by Gasteiger charge is 2.13. The van der Waals surface area contributed by atoms with Crippen molar-refractivity contribution in [1.82, 2.24) is 9.13 Å². The lowest BCUT2D eigenvalue weighted by molar-refractivity contribution is 0.608. The van der Waals surface area contributed by atoms with Gasteiger partial charge in [0, 0.05) is 6.54 Å². The second-order valence-electron chi connectivity index (χ2n) is 4.93. The van der Waals surface area contributed by atoms with E-state index >= 15 is 0 Å². The molecule has 4 heteroatoms. The fraction of sp³-hybridized carbons (Fsp3) is 0.176. The fourth-order valence-corrected chi connectivity index (χ4v) is 2.55. The van der Waals surface area contributed by atoms with Gasteiger partial charge in [0.2, 0.25) is 0 Å². The predicted octanol–water partition coefficient (Wildman–Crippen LogP) is 2.56. The van der Waals surface area contributed by atoms with Crippen LogP contribution in [0.2, 0.25) is 0 Å². The number of nitrogens with zero attached hydrogens (tertiary/aromatic N) is 2. The maximum absolute atomic E-state index is 12.7. The summed E-state index contributed by atoms with van der Waals surface area (Å²) in [6.07, 6.45) is 0.738. The standard InChI is InChI=1S/C17H16N2O2/c1-2-12-18-16(20)14-10-6-7-11-15(14)19(17(18)21)13-8-4-3-5-9-13/h3-11H,2,12H2,1H3. The van der Waals surface area contributed by atoms with E-state index in [-0.39, 0.29) is 11.2 Å². The van der Waals surface area contributed by atoms with Gasteiger partial charge in [0.25, 0.3) is 5.56 Å². The molecule has 0 amide bonds. The summed E-state index contributed by atoms with van der Waals surface area (Å²) in [7, 11) is 0. The maximum Gasteiger partial charge on any atom is 0.336 e. The van der Waals surface area contributed by atoms with Crippen molar-refractivity contribution in [3.05, 3.63) is 75.4 Å². The van der Waals surface area contributed by atoms with Crippen LogP contribution in [0, 0.1) is 0 Å². The number of rotatable bonds is 3. The van der Waals surface area contributed by atoms with Crippen molar-refractivity contribution in [3.63, 3.8) is 0 Å². The van der Waals surface area contributed by atoms with Gasteiger partial charge in [-0.25, -0.2) is 4.79 Å². The Hall–Kier alpha value is -2.62. The van der Waals surface area contributed by atoms with Crippen LogP contribution < -0.4 is 11.2 Å². The Kier molecular flexibility index (Phi) is 3.44. The molecule has 0 unspecified atom stereocenters. The molecule has 21 heavy (non-hydrogen) atoms. The smallest absolute Gasteiger partial charge is 0.268 e. The van der Waals surface area contributed by atoms with Gasteiger partial charge in [0.05, 0.1) is 16.6 Å². The summed E-state index contributed by atoms with van der Waals surface area (Å²) >= 11 is 0. The summed E-state index contributed by atoms with van der Waals surface area (Å²) in [4.78, 5) is 25.2. The highest BCUT2D eigenvalue weighted by Crippen LogP contribution is 2.13. The van der Waals surface area contributed by atoms with E-state index in [4.69, 9.17) is 0 Å². The molecule has 0 fully saturated rings. The quantitative estimate of drug-likeness (QED) is 0.740. The van der Waals surface area contributed by atoms with Crippen molar-refractivity contribution in [2.24, 2.45) is 0 Å². The van der Waals surface area contributed by atoms with Crippen LogP contribution in [0.15, 0.2) is 64.2 Å². The van der Waals surface area contributed by atoms with Crippen LogP contribution in [0.5, 0.6) is 0 Å². The first-order valence-electron chi connectivity index (χ1n) is 7.04. The van der Waals surface area contributed by atoms with E-state index in [1.54, 1.807) is 16.7 Å². The van der Waals surface area contributed by atoms with Crippen LogP contribution >= 0.6 is 0 Å². The molecule has 1 aromatic heterocycles. The molecule has 0 radical (unpaired) electrons. The molecular weight excluding hydrogens is 264 g/mol. The number of benzene rings is 2. The molecule has 4 nitrogen and oxygen atoms in total. The molecule has 0 spiro atoms. The molecule has 0 bridgehead atoms. The molecule has 0 N–H and O–H groups in total. The average molecular weight is 280 g/mol. The van der Waals surface area contributed by atoms with Gasteiger partial charge >= 0.3 is 5.69 Å². The van der Waals surface area contributed by atoms with Crippen LogP contribution in [0.25, 0.3) is 16.6 Å². The molecule has 0 aliphatic heterocycles. The zero-order valence-corrected chi connectivity index (χ0v) is 11.8. The summed E-state index contributed by atoms with van der Waals surface area (Å²) in [6, 6.07) is 16.6. The summed E-state index contributed by atoms with van der Waals surface area (Å²) in [5, 5.41) is 0.564. The minimum atomic E-state index is -0.285. The highest BCUT2D eigenvalue weighted by atomic mass is 16.2. The normalized spacial score (nSPS) is 10.9. The van der Waals surface area contributed by atoms with E-state index < -0.39 is 0 Å². The molecule has 106 valence electrons. The lowest BCUT2D eigenvalue weighted by Gasteiger charge is -2.13. The number of para-hydroxylation sites is 2. The number of hydrogen-bond donors (Lipinski definition) is 0. The first-order valence-corrected chi connectivity index (χ1v) is 7.04. The van der Waals surface area contributed by atoms with E-state index in [1.807, 2.05) is 49.4 Å². The largest absolute Gasteiger partial charge is 0.336 e. The second-order valence-corrected chi connectivity index (χ2v) is 4.93. The topological polar surface area (TPSA) is 44.0 Å². The number of hydrogen-bond acceptors (Lipinski definition) is 2. The molecule has 2 aromatic carbocycles. The predicted molar refractivity (Wildman–Crippen MR) is 84.1 cm³/mol. The summed E-state index contributed by atoms with van der Waals surface area (Å²) < 4.78 is 2.92. The van der Waals surface area contributed by atoms with E-state index in [2.05, 4.69) is 0 Å². The van der Waals surface area contributed by atoms with E-state index in [0.29, 0.717) is 17.4 Å². The monoisotopic (exact) mass is 280 g/mol. The molecular formula is C17H16N2O2. The van der Waals surface area contributed by atoms with Gasteiger partial charge in [-0.1, -0.05) is 37.3 Å². The lowest BCUT2D eigenvalue weighted by atomic mass is 10.2. The first kappa shape index (κ1) is 13.4. The van der Waals surface area contributed by atoms with Crippen molar-refractivity contribution in [2.75, 3.05) is 0 Å². The third-order valence-corrected chi connectivity index (χ3v) is 3.50. The van der Waals surface area contributed by atoms with Gasteiger partial charge in [0.15, 0.2) is 0 Å². The lowest BCUT2D eigenvalue weighted by Crippen LogP contribution is -2.39. The molecule has 0 saturated heterocycles. The Balaban J connectivity index is 2.48. The van der Waals surface area contributed by atoms with Crippen LogP contribution in [-0.2, 0) is 6.54 Å². The van der Waals surface area contributed by atoms with E-state index in [9.17, 15) is 9.59 Å². The van der Waals surface area contributed by atoms with Crippen LogP contribution in [-0.4, -0.2) is 9.13 Å². The Morgan fingerprint density at radius 3 is 2.29 bits per heavy atom. The molecule has 1 heterocycles. The van der Waals surface area contributed by atoms with Gasteiger partial charge in [-0.05, 0) is 30.7 Å².